The van der Waals surface area contributed by atoms with Gasteiger partial charge < -0.3 is 10.5 Å². The standard InChI is InChI=1S/C15H14N4O.ClH/c1-20-14-8-2-11(3-9-14)15-10-19(18-17-15)13-6-4-12(16)5-7-13;/h2-10H,16H2,1H3;1H. The lowest BCUT2D eigenvalue weighted by Crippen LogP contribution is -1.95. The minimum absolute atomic E-state index is 0. The van der Waals surface area contributed by atoms with Crippen molar-refractivity contribution in [3.63, 3.8) is 0 Å². The number of hydrogen-bond donors (Lipinski definition) is 1. The van der Waals surface area contributed by atoms with Gasteiger partial charge in [0.1, 0.15) is 11.4 Å². The van der Waals surface area contributed by atoms with Gasteiger partial charge in [-0.05, 0) is 48.5 Å². The molecular formula is C15H15ClN4O. The Morgan fingerprint density at radius 3 is 2.29 bits per heavy atom. The van der Waals surface area contributed by atoms with Gasteiger partial charge in [-0.1, -0.05) is 5.21 Å². The molecule has 108 valence electrons. The summed E-state index contributed by atoms with van der Waals surface area (Å²) in [7, 11) is 1.65. The van der Waals surface area contributed by atoms with E-state index in [4.69, 9.17) is 10.5 Å². The Morgan fingerprint density at radius 2 is 1.67 bits per heavy atom. The minimum atomic E-state index is 0. The summed E-state index contributed by atoms with van der Waals surface area (Å²) in [5, 5.41) is 8.31. The van der Waals surface area contributed by atoms with Crippen LogP contribution in [-0.2, 0) is 0 Å². The summed E-state index contributed by atoms with van der Waals surface area (Å²) < 4.78 is 6.86. The largest absolute Gasteiger partial charge is 0.497 e. The number of ether oxygens (including phenoxy) is 1. The molecule has 0 bridgehead atoms. The van der Waals surface area contributed by atoms with Crippen molar-refractivity contribution in [2.45, 2.75) is 0 Å². The van der Waals surface area contributed by atoms with Crippen LogP contribution in [0.3, 0.4) is 0 Å². The van der Waals surface area contributed by atoms with Crippen LogP contribution in [-0.4, -0.2) is 22.1 Å². The highest BCUT2D eigenvalue weighted by molar-refractivity contribution is 5.85. The Labute approximate surface area is 128 Å². The quantitative estimate of drug-likeness (QED) is 0.755. The van der Waals surface area contributed by atoms with Gasteiger partial charge in [-0.3, -0.25) is 0 Å². The monoisotopic (exact) mass is 302 g/mol. The molecule has 2 aromatic carbocycles. The number of aromatic nitrogens is 3. The molecule has 0 fully saturated rings. The molecule has 0 unspecified atom stereocenters. The molecule has 1 aromatic heterocycles. The van der Waals surface area contributed by atoms with Crippen LogP contribution in [0.1, 0.15) is 0 Å². The summed E-state index contributed by atoms with van der Waals surface area (Å²) in [5.41, 5.74) is 9.12. The summed E-state index contributed by atoms with van der Waals surface area (Å²) in [4.78, 5) is 0. The second-order valence-corrected chi connectivity index (χ2v) is 4.37. The second-order valence-electron chi connectivity index (χ2n) is 4.37. The normalized spacial score (nSPS) is 9.95. The Balaban J connectivity index is 0.00000161. The molecule has 0 amide bonds. The van der Waals surface area contributed by atoms with E-state index in [1.54, 1.807) is 11.8 Å². The lowest BCUT2D eigenvalue weighted by molar-refractivity contribution is 0.415. The van der Waals surface area contributed by atoms with E-state index in [0.29, 0.717) is 0 Å². The molecule has 2 N–H and O–H groups in total. The van der Waals surface area contributed by atoms with E-state index < -0.39 is 0 Å². The van der Waals surface area contributed by atoms with Gasteiger partial charge in [0.2, 0.25) is 0 Å². The topological polar surface area (TPSA) is 66.0 Å². The Kier molecular flexibility index (Phi) is 4.45. The fraction of sp³-hybridized carbons (Fsp3) is 0.0667. The Hall–Kier alpha value is -2.53. The van der Waals surface area contributed by atoms with Gasteiger partial charge in [-0.15, -0.1) is 17.5 Å². The van der Waals surface area contributed by atoms with Crippen LogP contribution in [0, 0.1) is 0 Å². The van der Waals surface area contributed by atoms with E-state index in [1.807, 2.05) is 54.7 Å². The van der Waals surface area contributed by atoms with Crippen LogP contribution in [0.2, 0.25) is 0 Å². The average Bonchev–Trinajstić information content (AvgIpc) is 2.98. The van der Waals surface area contributed by atoms with E-state index in [9.17, 15) is 0 Å². The van der Waals surface area contributed by atoms with Crippen molar-refractivity contribution in [1.82, 2.24) is 15.0 Å². The molecule has 1 heterocycles. The first-order valence-electron chi connectivity index (χ1n) is 6.19. The van der Waals surface area contributed by atoms with Crippen LogP contribution in [0.4, 0.5) is 5.69 Å². The molecule has 6 heteroatoms. The first kappa shape index (κ1) is 14.9. The number of anilines is 1. The molecule has 0 saturated heterocycles. The molecule has 21 heavy (non-hydrogen) atoms. The van der Waals surface area contributed by atoms with Crippen LogP contribution >= 0.6 is 12.4 Å². The Morgan fingerprint density at radius 1 is 1.00 bits per heavy atom. The van der Waals surface area contributed by atoms with Gasteiger partial charge in [0.25, 0.3) is 0 Å². The first-order chi connectivity index (χ1) is 9.76. The molecule has 3 rings (SSSR count). The molecule has 0 radical (unpaired) electrons. The fourth-order valence-electron chi connectivity index (χ4n) is 1.91. The molecular weight excluding hydrogens is 288 g/mol. The third-order valence-corrected chi connectivity index (χ3v) is 3.04. The zero-order valence-corrected chi connectivity index (χ0v) is 12.2. The number of nitrogens with two attached hydrogens (primary N) is 1. The molecule has 0 saturated carbocycles. The van der Waals surface area contributed by atoms with Crippen LogP contribution in [0.15, 0.2) is 54.7 Å². The highest BCUT2D eigenvalue weighted by Crippen LogP contribution is 2.21. The SMILES string of the molecule is COc1ccc(-c2cn(-c3ccc(N)cc3)nn2)cc1.Cl. The highest BCUT2D eigenvalue weighted by Gasteiger charge is 2.05. The van der Waals surface area contributed by atoms with E-state index in [2.05, 4.69) is 10.3 Å². The maximum atomic E-state index is 5.67. The highest BCUT2D eigenvalue weighted by atomic mass is 35.5. The van der Waals surface area contributed by atoms with Crippen molar-refractivity contribution in [2.75, 3.05) is 12.8 Å². The predicted molar refractivity (Wildman–Crippen MR) is 85.0 cm³/mol. The summed E-state index contributed by atoms with van der Waals surface area (Å²) in [6.45, 7) is 0. The average molecular weight is 303 g/mol. The molecule has 0 aliphatic heterocycles. The third kappa shape index (κ3) is 3.14. The number of hydrogen-bond acceptors (Lipinski definition) is 4. The number of methoxy groups -OCH3 is 1. The van der Waals surface area contributed by atoms with E-state index >= 15 is 0 Å². The third-order valence-electron chi connectivity index (χ3n) is 3.04. The van der Waals surface area contributed by atoms with Crippen molar-refractivity contribution in [3.05, 3.63) is 54.7 Å². The zero-order chi connectivity index (χ0) is 13.9. The van der Waals surface area contributed by atoms with E-state index in [-0.39, 0.29) is 12.4 Å². The number of benzene rings is 2. The minimum Gasteiger partial charge on any atom is -0.497 e. The lowest BCUT2D eigenvalue weighted by Gasteiger charge is -2.00. The predicted octanol–water partition coefficient (Wildman–Crippen LogP) is 2.95. The van der Waals surface area contributed by atoms with Crippen molar-refractivity contribution in [2.24, 2.45) is 0 Å². The van der Waals surface area contributed by atoms with Gasteiger partial charge in [0.05, 0.1) is 19.0 Å². The zero-order valence-electron chi connectivity index (χ0n) is 11.4. The van der Waals surface area contributed by atoms with Gasteiger partial charge in [-0.2, -0.15) is 0 Å². The van der Waals surface area contributed by atoms with Crippen LogP contribution in [0.5, 0.6) is 5.75 Å². The van der Waals surface area contributed by atoms with Crippen molar-refractivity contribution >= 4 is 18.1 Å². The molecule has 0 atom stereocenters. The molecule has 5 nitrogen and oxygen atoms in total. The van der Waals surface area contributed by atoms with E-state index in [0.717, 1.165) is 28.4 Å². The maximum Gasteiger partial charge on any atom is 0.118 e. The van der Waals surface area contributed by atoms with Crippen LogP contribution < -0.4 is 10.5 Å². The number of nitrogen functional groups attached to an aromatic ring is 1. The maximum absolute atomic E-state index is 5.67. The Bertz CT molecular complexity index is 707. The lowest BCUT2D eigenvalue weighted by atomic mass is 10.1. The fourth-order valence-corrected chi connectivity index (χ4v) is 1.91. The van der Waals surface area contributed by atoms with Crippen molar-refractivity contribution in [1.29, 1.82) is 0 Å². The van der Waals surface area contributed by atoms with Crippen molar-refractivity contribution in [3.8, 4) is 22.7 Å². The summed E-state index contributed by atoms with van der Waals surface area (Å²) in [6, 6.07) is 15.2. The van der Waals surface area contributed by atoms with Gasteiger partial charge in [-0.25, -0.2) is 4.68 Å². The number of nitrogens with zero attached hydrogens (tertiary/aromatic N) is 3. The molecule has 3 aromatic rings. The number of rotatable bonds is 3. The molecule has 0 aliphatic carbocycles. The van der Waals surface area contributed by atoms with Gasteiger partial charge in [0, 0.05) is 11.3 Å². The molecule has 0 spiro atoms. The number of halogens is 1. The second kappa shape index (κ2) is 6.28. The van der Waals surface area contributed by atoms with Crippen molar-refractivity contribution < 1.29 is 4.74 Å². The first-order valence-corrected chi connectivity index (χ1v) is 6.19. The summed E-state index contributed by atoms with van der Waals surface area (Å²) >= 11 is 0. The van der Waals surface area contributed by atoms with Gasteiger partial charge >= 0.3 is 0 Å². The summed E-state index contributed by atoms with van der Waals surface area (Å²) in [5.74, 6) is 0.819. The van der Waals surface area contributed by atoms with Crippen LogP contribution in [0.25, 0.3) is 16.9 Å². The molecule has 0 aliphatic rings. The smallest absolute Gasteiger partial charge is 0.118 e. The summed E-state index contributed by atoms with van der Waals surface area (Å²) in [6.07, 6.45) is 1.88. The van der Waals surface area contributed by atoms with E-state index in [1.165, 1.54) is 0 Å². The van der Waals surface area contributed by atoms with Gasteiger partial charge in [0.15, 0.2) is 0 Å².